The number of amides is 2. The Labute approximate surface area is 149 Å². The molecule has 1 aliphatic heterocycles. The van der Waals surface area contributed by atoms with Gasteiger partial charge < -0.3 is 5.32 Å². The standard InChI is InChI=1S/C18H25N3O3S/c1-12(21-9-4-10-21)25(23,24)20-18(22)19-17-15-7-2-5-13(15)11-14-6-3-8-16(14)17/h11-12H,2-10H2,1H3,(H2,19,20,22). The van der Waals surface area contributed by atoms with Gasteiger partial charge in [-0.2, -0.15) is 0 Å². The molecule has 0 radical (unpaired) electrons. The number of hydrogen-bond donors (Lipinski definition) is 2. The molecule has 0 spiro atoms. The summed E-state index contributed by atoms with van der Waals surface area (Å²) in [7, 11) is -3.70. The molecule has 0 bridgehead atoms. The number of rotatable bonds is 4. The largest absolute Gasteiger partial charge is 0.332 e. The van der Waals surface area contributed by atoms with E-state index in [2.05, 4.69) is 16.1 Å². The summed E-state index contributed by atoms with van der Waals surface area (Å²) in [6.07, 6.45) is 7.20. The Kier molecular flexibility index (Phi) is 4.24. The van der Waals surface area contributed by atoms with Gasteiger partial charge in [0.1, 0.15) is 5.37 Å². The summed E-state index contributed by atoms with van der Waals surface area (Å²) < 4.78 is 27.1. The molecule has 2 aliphatic carbocycles. The summed E-state index contributed by atoms with van der Waals surface area (Å²) in [5, 5.41) is 2.20. The van der Waals surface area contributed by atoms with Crippen molar-refractivity contribution in [1.29, 1.82) is 0 Å². The molecule has 2 N–H and O–H groups in total. The van der Waals surface area contributed by atoms with Crippen LogP contribution in [0.3, 0.4) is 0 Å². The second kappa shape index (κ2) is 6.29. The van der Waals surface area contributed by atoms with E-state index in [-0.39, 0.29) is 0 Å². The molecule has 136 valence electrons. The van der Waals surface area contributed by atoms with E-state index in [4.69, 9.17) is 0 Å². The molecule has 7 heteroatoms. The molecule has 1 unspecified atom stereocenters. The topological polar surface area (TPSA) is 78.5 Å². The minimum absolute atomic E-state index is 0.637. The van der Waals surface area contributed by atoms with Crippen LogP contribution in [0.5, 0.6) is 0 Å². The van der Waals surface area contributed by atoms with Crippen molar-refractivity contribution in [2.75, 3.05) is 18.4 Å². The van der Waals surface area contributed by atoms with E-state index in [0.29, 0.717) is 0 Å². The third kappa shape index (κ3) is 3.04. The van der Waals surface area contributed by atoms with Crippen molar-refractivity contribution in [2.24, 2.45) is 0 Å². The highest BCUT2D eigenvalue weighted by Gasteiger charge is 2.32. The summed E-state index contributed by atoms with van der Waals surface area (Å²) in [4.78, 5) is 14.3. The van der Waals surface area contributed by atoms with Crippen molar-refractivity contribution < 1.29 is 13.2 Å². The number of aryl methyl sites for hydroxylation is 2. The molecular formula is C18H25N3O3S. The number of nitrogens with one attached hydrogen (secondary N) is 2. The highest BCUT2D eigenvalue weighted by Crippen LogP contribution is 2.38. The van der Waals surface area contributed by atoms with Crippen molar-refractivity contribution in [3.8, 4) is 0 Å². The zero-order valence-electron chi connectivity index (χ0n) is 14.6. The molecule has 0 aromatic heterocycles. The minimum Gasteiger partial charge on any atom is -0.307 e. The van der Waals surface area contributed by atoms with E-state index in [1.807, 2.05) is 4.90 Å². The number of hydrogen-bond acceptors (Lipinski definition) is 4. The minimum atomic E-state index is -3.70. The maximum atomic E-state index is 12.4. The van der Waals surface area contributed by atoms with Gasteiger partial charge in [0.2, 0.25) is 0 Å². The van der Waals surface area contributed by atoms with Crippen LogP contribution in [-0.2, 0) is 35.7 Å². The average molecular weight is 363 g/mol. The van der Waals surface area contributed by atoms with E-state index < -0.39 is 21.4 Å². The van der Waals surface area contributed by atoms with Crippen molar-refractivity contribution >= 4 is 21.7 Å². The van der Waals surface area contributed by atoms with Crippen LogP contribution in [-0.4, -0.2) is 37.8 Å². The van der Waals surface area contributed by atoms with Gasteiger partial charge in [0.15, 0.2) is 0 Å². The Morgan fingerprint density at radius 1 is 1.04 bits per heavy atom. The summed E-state index contributed by atoms with van der Waals surface area (Å²) in [5.41, 5.74) is 5.89. The lowest BCUT2D eigenvalue weighted by molar-refractivity contribution is 0.167. The van der Waals surface area contributed by atoms with Crippen LogP contribution in [0.15, 0.2) is 6.07 Å². The Bertz CT molecular complexity index is 783. The number of likely N-dealkylation sites (tertiary alicyclic amines) is 1. The van der Waals surface area contributed by atoms with E-state index in [1.165, 1.54) is 22.3 Å². The summed E-state index contributed by atoms with van der Waals surface area (Å²) in [6, 6.07) is 1.65. The van der Waals surface area contributed by atoms with Crippen molar-refractivity contribution in [3.05, 3.63) is 28.3 Å². The van der Waals surface area contributed by atoms with Crippen LogP contribution in [0.1, 0.15) is 48.4 Å². The maximum Gasteiger partial charge on any atom is 0.332 e. The molecule has 1 atom stereocenters. The number of anilines is 1. The molecule has 1 aromatic rings. The lowest BCUT2D eigenvalue weighted by Crippen LogP contribution is -2.52. The Balaban J connectivity index is 1.54. The zero-order chi connectivity index (χ0) is 17.6. The van der Waals surface area contributed by atoms with E-state index in [9.17, 15) is 13.2 Å². The number of nitrogens with zero attached hydrogens (tertiary/aromatic N) is 1. The first-order valence-electron chi connectivity index (χ1n) is 9.19. The fourth-order valence-corrected chi connectivity index (χ4v) is 5.30. The van der Waals surface area contributed by atoms with Gasteiger partial charge in [-0.05, 0) is 74.1 Å². The molecule has 1 saturated heterocycles. The fraction of sp³-hybridized carbons (Fsp3) is 0.611. The number of sulfonamides is 1. The van der Waals surface area contributed by atoms with Gasteiger partial charge in [-0.1, -0.05) is 6.07 Å². The van der Waals surface area contributed by atoms with E-state index >= 15 is 0 Å². The van der Waals surface area contributed by atoms with E-state index in [0.717, 1.165) is 63.7 Å². The zero-order valence-corrected chi connectivity index (χ0v) is 15.4. The van der Waals surface area contributed by atoms with Gasteiger partial charge in [0.05, 0.1) is 0 Å². The monoisotopic (exact) mass is 363 g/mol. The van der Waals surface area contributed by atoms with Crippen LogP contribution in [0.2, 0.25) is 0 Å². The molecule has 6 nitrogen and oxygen atoms in total. The van der Waals surface area contributed by atoms with Crippen LogP contribution in [0.4, 0.5) is 10.5 Å². The lowest BCUT2D eigenvalue weighted by Gasteiger charge is -2.35. The van der Waals surface area contributed by atoms with Crippen molar-refractivity contribution in [1.82, 2.24) is 9.62 Å². The molecule has 25 heavy (non-hydrogen) atoms. The van der Waals surface area contributed by atoms with Crippen LogP contribution < -0.4 is 10.0 Å². The quantitative estimate of drug-likeness (QED) is 0.859. The van der Waals surface area contributed by atoms with Gasteiger partial charge in [0, 0.05) is 18.8 Å². The predicted octanol–water partition coefficient (Wildman–Crippen LogP) is 2.17. The number of benzene rings is 1. The van der Waals surface area contributed by atoms with Gasteiger partial charge in [0.25, 0.3) is 10.0 Å². The molecule has 1 heterocycles. The third-order valence-corrected chi connectivity index (χ3v) is 7.47. The fourth-order valence-electron chi connectivity index (χ4n) is 4.22. The van der Waals surface area contributed by atoms with Crippen LogP contribution in [0.25, 0.3) is 0 Å². The van der Waals surface area contributed by atoms with Gasteiger partial charge in [-0.3, -0.25) is 4.90 Å². The lowest BCUT2D eigenvalue weighted by atomic mass is 9.99. The third-order valence-electron chi connectivity index (χ3n) is 5.80. The Hall–Kier alpha value is -1.60. The molecular weight excluding hydrogens is 338 g/mol. The Morgan fingerprint density at radius 3 is 2.16 bits per heavy atom. The number of carbonyl (C=O) groups is 1. The van der Waals surface area contributed by atoms with Crippen molar-refractivity contribution in [3.63, 3.8) is 0 Å². The SMILES string of the molecule is CC(N1CCC1)S(=O)(=O)NC(=O)Nc1c2c(cc3c1CCC3)CCC2. The first-order valence-corrected chi connectivity index (χ1v) is 10.7. The highest BCUT2D eigenvalue weighted by molar-refractivity contribution is 7.90. The second-order valence-corrected chi connectivity index (χ2v) is 9.30. The van der Waals surface area contributed by atoms with Crippen LogP contribution in [0, 0.1) is 0 Å². The average Bonchev–Trinajstić information content (AvgIpc) is 3.12. The van der Waals surface area contributed by atoms with Crippen molar-refractivity contribution in [2.45, 2.75) is 57.2 Å². The van der Waals surface area contributed by atoms with Gasteiger partial charge >= 0.3 is 6.03 Å². The molecule has 4 rings (SSSR count). The summed E-state index contributed by atoms with van der Waals surface area (Å²) in [5.74, 6) is 0. The molecule has 3 aliphatic rings. The molecule has 1 aromatic carbocycles. The normalized spacial score (nSPS) is 20.5. The number of carbonyl (C=O) groups excluding carboxylic acids is 1. The molecule has 2 amide bonds. The number of fused-ring (bicyclic) bond motifs is 2. The predicted molar refractivity (Wildman–Crippen MR) is 97.2 cm³/mol. The Morgan fingerprint density at radius 2 is 1.64 bits per heavy atom. The summed E-state index contributed by atoms with van der Waals surface area (Å²) >= 11 is 0. The highest BCUT2D eigenvalue weighted by atomic mass is 32.2. The summed E-state index contributed by atoms with van der Waals surface area (Å²) in [6.45, 7) is 3.17. The molecule has 0 saturated carbocycles. The van der Waals surface area contributed by atoms with E-state index in [1.54, 1.807) is 6.92 Å². The smallest absolute Gasteiger partial charge is 0.307 e. The second-order valence-electron chi connectivity index (χ2n) is 7.32. The maximum absolute atomic E-state index is 12.4. The molecule has 1 fully saturated rings. The first kappa shape index (κ1) is 16.8. The number of urea groups is 1. The first-order chi connectivity index (χ1) is 12.0. The van der Waals surface area contributed by atoms with Crippen LogP contribution >= 0.6 is 0 Å². The van der Waals surface area contributed by atoms with Gasteiger partial charge in [-0.15, -0.1) is 0 Å². The van der Waals surface area contributed by atoms with Gasteiger partial charge in [-0.25, -0.2) is 17.9 Å².